The van der Waals surface area contributed by atoms with Gasteiger partial charge in [0, 0.05) is 24.8 Å². The van der Waals surface area contributed by atoms with Crippen molar-refractivity contribution in [2.75, 3.05) is 11.9 Å². The van der Waals surface area contributed by atoms with Gasteiger partial charge in [0.1, 0.15) is 11.9 Å². The van der Waals surface area contributed by atoms with E-state index in [4.69, 9.17) is 11.3 Å². The zero-order valence-electron chi connectivity index (χ0n) is 18.3. The first-order chi connectivity index (χ1) is 16.2. The first-order valence-electron chi connectivity index (χ1n) is 10.7. The van der Waals surface area contributed by atoms with E-state index >= 15 is 0 Å². The van der Waals surface area contributed by atoms with Crippen molar-refractivity contribution in [1.29, 1.82) is 5.26 Å². The summed E-state index contributed by atoms with van der Waals surface area (Å²) in [6.07, 6.45) is 5.92. The minimum Gasteiger partial charge on any atom is -0.485 e. The SMILES string of the molecule is [C-]#[N+]/C(C#N)=C1C=C(/C=C/c2ccc(N(C)c3ccccc3)cc2)OC(c2ccccc2)C\1. The molecule has 1 heterocycles. The normalized spacial score (nSPS) is 16.8. The molecule has 4 rings (SSSR count). The quantitative estimate of drug-likeness (QED) is 0.318. The molecular formula is C29H23N3O. The zero-order valence-corrected chi connectivity index (χ0v) is 18.3. The number of allylic oxidation sites excluding steroid dienone is 3. The summed E-state index contributed by atoms with van der Waals surface area (Å²) in [5, 5.41) is 9.37. The standard InChI is InChI=1S/C29H23N3O/c1-31-28(21-30)24-19-27(33-29(20-24)23-9-5-3-6-10-23)18-15-22-13-16-26(17-14-22)32(2)25-11-7-4-8-12-25/h3-19,29H,20H2,2H3/b18-15+,28-24+. The van der Waals surface area contributed by atoms with Crippen LogP contribution in [0.2, 0.25) is 0 Å². The van der Waals surface area contributed by atoms with Crippen LogP contribution in [0, 0.1) is 17.9 Å². The molecule has 0 amide bonds. The number of hydrogen-bond donors (Lipinski definition) is 0. The monoisotopic (exact) mass is 429 g/mol. The molecule has 0 saturated heterocycles. The molecule has 0 bridgehead atoms. The molecule has 33 heavy (non-hydrogen) atoms. The fourth-order valence-corrected chi connectivity index (χ4v) is 3.73. The van der Waals surface area contributed by atoms with E-state index in [1.165, 1.54) is 0 Å². The molecule has 1 aliphatic heterocycles. The maximum atomic E-state index is 9.37. The minimum absolute atomic E-state index is 0.110. The van der Waals surface area contributed by atoms with Crippen molar-refractivity contribution in [1.82, 2.24) is 0 Å². The van der Waals surface area contributed by atoms with Crippen molar-refractivity contribution in [2.24, 2.45) is 0 Å². The van der Waals surface area contributed by atoms with Crippen LogP contribution in [0.3, 0.4) is 0 Å². The molecule has 1 atom stereocenters. The van der Waals surface area contributed by atoms with Gasteiger partial charge in [-0.05, 0) is 53.1 Å². The fraction of sp³-hybridized carbons (Fsp3) is 0.103. The van der Waals surface area contributed by atoms with Gasteiger partial charge in [0.2, 0.25) is 0 Å². The third-order valence-corrected chi connectivity index (χ3v) is 5.56. The Balaban J connectivity index is 1.56. The smallest absolute Gasteiger partial charge is 0.265 e. The van der Waals surface area contributed by atoms with Crippen LogP contribution in [-0.4, -0.2) is 7.05 Å². The maximum Gasteiger partial charge on any atom is 0.265 e. The molecule has 0 spiro atoms. The molecule has 0 aliphatic carbocycles. The number of benzene rings is 3. The van der Waals surface area contributed by atoms with E-state index in [0.717, 1.165) is 22.5 Å². The highest BCUT2D eigenvalue weighted by atomic mass is 16.5. The van der Waals surface area contributed by atoms with Crippen LogP contribution in [0.4, 0.5) is 11.4 Å². The molecule has 0 aromatic heterocycles. The topological polar surface area (TPSA) is 40.6 Å². The lowest BCUT2D eigenvalue weighted by Crippen LogP contribution is -2.10. The highest BCUT2D eigenvalue weighted by Gasteiger charge is 2.22. The first kappa shape index (κ1) is 21.7. The van der Waals surface area contributed by atoms with Crippen LogP contribution in [0.1, 0.15) is 23.7 Å². The predicted octanol–water partition coefficient (Wildman–Crippen LogP) is 7.21. The average molecular weight is 430 g/mol. The Morgan fingerprint density at radius 1 is 0.970 bits per heavy atom. The lowest BCUT2D eigenvalue weighted by Gasteiger charge is -2.25. The largest absolute Gasteiger partial charge is 0.485 e. The summed E-state index contributed by atoms with van der Waals surface area (Å²) in [7, 11) is 2.04. The van der Waals surface area contributed by atoms with Crippen molar-refractivity contribution in [2.45, 2.75) is 12.5 Å². The van der Waals surface area contributed by atoms with Gasteiger partial charge in [-0.1, -0.05) is 66.7 Å². The van der Waals surface area contributed by atoms with Gasteiger partial charge in [-0.25, -0.2) is 10.1 Å². The maximum absolute atomic E-state index is 9.37. The van der Waals surface area contributed by atoms with Crippen molar-refractivity contribution >= 4 is 17.5 Å². The second kappa shape index (κ2) is 10.2. The van der Waals surface area contributed by atoms with Gasteiger partial charge < -0.3 is 9.64 Å². The van der Waals surface area contributed by atoms with Crippen molar-refractivity contribution < 1.29 is 4.74 Å². The minimum atomic E-state index is -0.238. The molecule has 0 N–H and O–H groups in total. The molecule has 4 heteroatoms. The summed E-state index contributed by atoms with van der Waals surface area (Å²) in [5.74, 6) is 0.631. The number of ether oxygens (including phenoxy) is 1. The third-order valence-electron chi connectivity index (χ3n) is 5.56. The Kier molecular flexibility index (Phi) is 6.69. The Bertz CT molecular complexity index is 1260. The average Bonchev–Trinajstić information content (AvgIpc) is 2.89. The van der Waals surface area contributed by atoms with E-state index in [9.17, 15) is 5.26 Å². The Morgan fingerprint density at radius 2 is 1.61 bits per heavy atom. The van der Waals surface area contributed by atoms with Gasteiger partial charge in [-0.2, -0.15) is 0 Å². The fourth-order valence-electron chi connectivity index (χ4n) is 3.73. The Labute approximate surface area is 194 Å². The molecule has 0 radical (unpaired) electrons. The van der Waals surface area contributed by atoms with Crippen LogP contribution in [-0.2, 0) is 4.74 Å². The summed E-state index contributed by atoms with van der Waals surface area (Å²) in [5.41, 5.74) is 5.08. The number of para-hydroxylation sites is 1. The highest BCUT2D eigenvalue weighted by molar-refractivity contribution is 5.65. The van der Waals surface area contributed by atoms with Gasteiger partial charge in [0.15, 0.2) is 0 Å². The second-order valence-electron chi connectivity index (χ2n) is 7.68. The predicted molar refractivity (Wildman–Crippen MR) is 132 cm³/mol. The van der Waals surface area contributed by atoms with Crippen molar-refractivity contribution in [3.05, 3.63) is 137 Å². The van der Waals surface area contributed by atoms with E-state index in [1.807, 2.05) is 73.8 Å². The third kappa shape index (κ3) is 5.21. The number of hydrogen-bond acceptors (Lipinski definition) is 3. The molecule has 4 nitrogen and oxygen atoms in total. The van der Waals surface area contributed by atoms with E-state index in [-0.39, 0.29) is 11.8 Å². The second-order valence-corrected chi connectivity index (χ2v) is 7.68. The Morgan fingerprint density at radius 3 is 2.24 bits per heavy atom. The van der Waals surface area contributed by atoms with Gasteiger partial charge in [-0.3, -0.25) is 0 Å². The van der Waals surface area contributed by atoms with Crippen molar-refractivity contribution in [3.8, 4) is 6.07 Å². The number of nitrogens with zero attached hydrogens (tertiary/aromatic N) is 3. The zero-order chi connectivity index (χ0) is 23.0. The number of rotatable bonds is 5. The van der Waals surface area contributed by atoms with Crippen LogP contribution in [0.15, 0.2) is 114 Å². The summed E-state index contributed by atoms with van der Waals surface area (Å²) < 4.78 is 6.20. The number of anilines is 2. The Hall–Kier alpha value is -4.54. The van der Waals surface area contributed by atoms with Gasteiger partial charge >= 0.3 is 0 Å². The molecule has 3 aromatic carbocycles. The molecule has 1 unspecified atom stereocenters. The van der Waals surface area contributed by atoms with Crippen molar-refractivity contribution in [3.63, 3.8) is 0 Å². The number of nitriles is 1. The molecule has 0 saturated carbocycles. The first-order valence-corrected chi connectivity index (χ1v) is 10.7. The van der Waals surface area contributed by atoms with Crippen LogP contribution < -0.4 is 4.90 Å². The van der Waals surface area contributed by atoms with E-state index < -0.39 is 0 Å². The lowest BCUT2D eigenvalue weighted by molar-refractivity contribution is 0.118. The summed E-state index contributed by atoms with van der Waals surface area (Å²) in [4.78, 5) is 5.54. The summed E-state index contributed by atoms with van der Waals surface area (Å²) >= 11 is 0. The molecular weight excluding hydrogens is 406 g/mol. The van der Waals surface area contributed by atoms with Gasteiger partial charge in [-0.15, -0.1) is 0 Å². The van der Waals surface area contributed by atoms with E-state index in [1.54, 1.807) is 6.08 Å². The van der Waals surface area contributed by atoms with Crippen LogP contribution in [0.5, 0.6) is 0 Å². The van der Waals surface area contributed by atoms with Gasteiger partial charge in [0.05, 0.1) is 12.6 Å². The summed E-state index contributed by atoms with van der Waals surface area (Å²) in [6.45, 7) is 7.34. The molecule has 1 aliphatic rings. The molecule has 0 fully saturated rings. The molecule has 3 aromatic rings. The van der Waals surface area contributed by atoms with Crippen LogP contribution in [0.25, 0.3) is 10.9 Å². The van der Waals surface area contributed by atoms with E-state index in [2.05, 4.69) is 46.1 Å². The highest BCUT2D eigenvalue weighted by Crippen LogP contribution is 2.35. The summed E-state index contributed by atoms with van der Waals surface area (Å²) in [6, 6.07) is 30.4. The van der Waals surface area contributed by atoms with E-state index in [0.29, 0.717) is 17.8 Å². The lowest BCUT2D eigenvalue weighted by atomic mass is 9.97. The van der Waals surface area contributed by atoms with Crippen LogP contribution >= 0.6 is 0 Å². The molecule has 160 valence electrons. The van der Waals surface area contributed by atoms with Gasteiger partial charge in [0.25, 0.3) is 5.70 Å².